The molecule has 1 aromatic rings. The first-order valence-electron chi connectivity index (χ1n) is 6.04. The van der Waals surface area contributed by atoms with E-state index < -0.39 is 0 Å². The van der Waals surface area contributed by atoms with E-state index in [1.54, 1.807) is 0 Å². The Bertz CT molecular complexity index is 322. The average Bonchev–Trinajstić information content (AvgIpc) is 2.20. The largest absolute Gasteiger partial charge is 0.398 e. The van der Waals surface area contributed by atoms with E-state index in [1.807, 2.05) is 12.1 Å². The molecule has 2 N–H and O–H groups in total. The Labute approximate surface area is 92.7 Å². The van der Waals surface area contributed by atoms with Crippen molar-refractivity contribution in [1.29, 1.82) is 0 Å². The predicted molar refractivity (Wildman–Crippen MR) is 65.8 cm³/mol. The van der Waals surface area contributed by atoms with Gasteiger partial charge in [-0.2, -0.15) is 0 Å². The van der Waals surface area contributed by atoms with E-state index in [0.29, 0.717) is 5.92 Å². The van der Waals surface area contributed by atoms with Gasteiger partial charge in [-0.25, -0.2) is 0 Å². The summed E-state index contributed by atoms with van der Waals surface area (Å²) in [6.45, 7) is 4.74. The number of nitrogens with two attached hydrogens (primary N) is 1. The highest BCUT2D eigenvalue weighted by Gasteiger charge is 2.29. The molecule has 0 heterocycles. The number of rotatable bonds is 1. The molecule has 1 heteroatoms. The van der Waals surface area contributed by atoms with Crippen LogP contribution in [0.5, 0.6) is 0 Å². The van der Waals surface area contributed by atoms with Crippen LogP contribution in [0.4, 0.5) is 5.69 Å². The van der Waals surface area contributed by atoms with E-state index in [0.717, 1.165) is 17.5 Å². The van der Waals surface area contributed by atoms with Gasteiger partial charge in [-0.15, -0.1) is 0 Å². The second kappa shape index (κ2) is 4.26. The van der Waals surface area contributed by atoms with Crippen molar-refractivity contribution >= 4 is 5.69 Å². The number of anilines is 1. The van der Waals surface area contributed by atoms with Crippen LogP contribution >= 0.6 is 0 Å². The smallest absolute Gasteiger partial charge is 0.0349 e. The summed E-state index contributed by atoms with van der Waals surface area (Å²) in [7, 11) is 0. The number of benzene rings is 1. The van der Waals surface area contributed by atoms with Gasteiger partial charge in [-0.1, -0.05) is 51.3 Å². The van der Waals surface area contributed by atoms with Gasteiger partial charge in [0.05, 0.1) is 0 Å². The number of hydrogen-bond donors (Lipinski definition) is 1. The molecule has 1 saturated carbocycles. The highest BCUT2D eigenvalue weighted by atomic mass is 14.6. The van der Waals surface area contributed by atoms with Crippen LogP contribution in [0.15, 0.2) is 24.3 Å². The molecule has 1 aliphatic rings. The van der Waals surface area contributed by atoms with Crippen molar-refractivity contribution in [2.75, 3.05) is 5.73 Å². The molecule has 3 atom stereocenters. The summed E-state index contributed by atoms with van der Waals surface area (Å²) in [4.78, 5) is 0. The third kappa shape index (κ3) is 2.01. The van der Waals surface area contributed by atoms with Crippen LogP contribution in [0.2, 0.25) is 0 Å². The van der Waals surface area contributed by atoms with Crippen molar-refractivity contribution in [3.8, 4) is 0 Å². The van der Waals surface area contributed by atoms with Gasteiger partial charge >= 0.3 is 0 Å². The van der Waals surface area contributed by atoms with Crippen molar-refractivity contribution in [3.05, 3.63) is 29.8 Å². The third-order valence-electron chi connectivity index (χ3n) is 3.90. The summed E-state index contributed by atoms with van der Waals surface area (Å²) in [5, 5.41) is 0. The molecule has 0 saturated heterocycles. The Balaban J connectivity index is 2.31. The molecule has 0 aromatic heterocycles. The minimum Gasteiger partial charge on any atom is -0.398 e. The fourth-order valence-corrected chi connectivity index (χ4v) is 3.11. The molecule has 1 unspecified atom stereocenters. The topological polar surface area (TPSA) is 26.0 Å². The van der Waals surface area contributed by atoms with Gasteiger partial charge in [0.15, 0.2) is 0 Å². The zero-order chi connectivity index (χ0) is 10.8. The molecule has 2 rings (SSSR count). The normalized spacial score (nSPS) is 31.5. The van der Waals surface area contributed by atoms with Crippen molar-refractivity contribution in [2.45, 2.75) is 39.0 Å². The third-order valence-corrected chi connectivity index (χ3v) is 3.90. The van der Waals surface area contributed by atoms with E-state index in [4.69, 9.17) is 5.73 Å². The fraction of sp³-hybridized carbons (Fsp3) is 0.571. The van der Waals surface area contributed by atoms with Gasteiger partial charge in [0.25, 0.3) is 0 Å². The van der Waals surface area contributed by atoms with Crippen molar-refractivity contribution < 1.29 is 0 Å². The molecule has 1 aromatic carbocycles. The Morgan fingerprint density at radius 1 is 1.07 bits per heavy atom. The molecular formula is C14H21N. The van der Waals surface area contributed by atoms with E-state index in [2.05, 4.69) is 26.0 Å². The molecule has 1 aliphatic carbocycles. The maximum atomic E-state index is 6.08. The Morgan fingerprint density at radius 2 is 1.67 bits per heavy atom. The molecule has 0 aliphatic heterocycles. The molecule has 15 heavy (non-hydrogen) atoms. The van der Waals surface area contributed by atoms with Crippen LogP contribution in [0.3, 0.4) is 0 Å². The average molecular weight is 203 g/mol. The van der Waals surface area contributed by atoms with Crippen LogP contribution in [-0.4, -0.2) is 0 Å². The zero-order valence-corrected chi connectivity index (χ0v) is 9.74. The van der Waals surface area contributed by atoms with Crippen LogP contribution in [-0.2, 0) is 0 Å². The van der Waals surface area contributed by atoms with Gasteiger partial charge in [0.1, 0.15) is 0 Å². The number of nitrogen functional groups attached to an aromatic ring is 1. The van der Waals surface area contributed by atoms with Crippen LogP contribution < -0.4 is 5.73 Å². The molecule has 0 spiro atoms. The van der Waals surface area contributed by atoms with Gasteiger partial charge in [0, 0.05) is 5.69 Å². The van der Waals surface area contributed by atoms with Gasteiger partial charge in [-0.3, -0.25) is 0 Å². The van der Waals surface area contributed by atoms with Crippen LogP contribution in [0, 0.1) is 11.8 Å². The maximum absolute atomic E-state index is 6.08. The highest BCUT2D eigenvalue weighted by molar-refractivity contribution is 5.49. The lowest BCUT2D eigenvalue weighted by Gasteiger charge is -2.35. The number of hydrogen-bond acceptors (Lipinski definition) is 1. The summed E-state index contributed by atoms with van der Waals surface area (Å²) in [6, 6.07) is 8.37. The molecule has 0 radical (unpaired) electrons. The molecule has 0 amide bonds. The number of para-hydroxylation sites is 1. The second-order valence-electron chi connectivity index (χ2n) is 5.04. The molecule has 1 fully saturated rings. The maximum Gasteiger partial charge on any atom is 0.0349 e. The van der Waals surface area contributed by atoms with E-state index in [1.165, 1.54) is 24.8 Å². The predicted octanol–water partition coefficient (Wildman–Crippen LogP) is 3.81. The lowest BCUT2D eigenvalue weighted by atomic mass is 9.70. The minimum atomic E-state index is 0.667. The molecule has 0 bridgehead atoms. The molecule has 82 valence electrons. The summed E-state index contributed by atoms with van der Waals surface area (Å²) in [6.07, 6.45) is 4.08. The van der Waals surface area contributed by atoms with Crippen molar-refractivity contribution in [3.63, 3.8) is 0 Å². The van der Waals surface area contributed by atoms with E-state index in [-0.39, 0.29) is 0 Å². The van der Waals surface area contributed by atoms with Crippen molar-refractivity contribution in [2.24, 2.45) is 11.8 Å². The second-order valence-corrected chi connectivity index (χ2v) is 5.04. The molecular weight excluding hydrogens is 182 g/mol. The monoisotopic (exact) mass is 203 g/mol. The van der Waals surface area contributed by atoms with E-state index >= 15 is 0 Å². The lowest BCUT2D eigenvalue weighted by molar-refractivity contribution is 0.249. The fourth-order valence-electron chi connectivity index (χ4n) is 3.11. The van der Waals surface area contributed by atoms with Gasteiger partial charge in [0.2, 0.25) is 0 Å². The first kappa shape index (κ1) is 10.5. The summed E-state index contributed by atoms with van der Waals surface area (Å²) in [5.74, 6) is 2.22. The lowest BCUT2D eigenvalue weighted by Crippen LogP contribution is -2.23. The summed E-state index contributed by atoms with van der Waals surface area (Å²) >= 11 is 0. The van der Waals surface area contributed by atoms with E-state index in [9.17, 15) is 0 Å². The standard InChI is InChI=1S/C14H21N/c1-10-6-5-7-11(2)14(10)12-8-3-4-9-13(12)15/h3-4,8-11,14H,5-7,15H2,1-2H3/t10-,11+,14?. The quantitative estimate of drug-likeness (QED) is 0.690. The van der Waals surface area contributed by atoms with Crippen LogP contribution in [0.25, 0.3) is 0 Å². The zero-order valence-electron chi connectivity index (χ0n) is 9.74. The van der Waals surface area contributed by atoms with Crippen LogP contribution in [0.1, 0.15) is 44.6 Å². The van der Waals surface area contributed by atoms with Gasteiger partial charge in [-0.05, 0) is 29.4 Å². The Morgan fingerprint density at radius 3 is 2.27 bits per heavy atom. The molecule has 1 nitrogen and oxygen atoms in total. The highest BCUT2D eigenvalue weighted by Crippen LogP contribution is 2.43. The first-order chi connectivity index (χ1) is 7.20. The summed E-state index contributed by atoms with van der Waals surface area (Å²) in [5.41, 5.74) is 8.42. The SMILES string of the molecule is C[C@@H]1CCC[C@H](C)C1c1ccccc1N. The van der Waals surface area contributed by atoms with Gasteiger partial charge < -0.3 is 5.73 Å². The Hall–Kier alpha value is -0.980. The Kier molecular flexibility index (Phi) is 2.99. The minimum absolute atomic E-state index is 0.667. The van der Waals surface area contributed by atoms with Crippen molar-refractivity contribution in [1.82, 2.24) is 0 Å². The first-order valence-corrected chi connectivity index (χ1v) is 6.04. The summed E-state index contributed by atoms with van der Waals surface area (Å²) < 4.78 is 0.